The standard InChI is InChI=1S/C26H31F3N8O6/c1-6-42-23(39)19-20(37(40)41)21(31-9-15(2)22(38)43-25(3,4)5)35-24(34-19)32-11-17-12-33-36(14-17)13-16-7-8-18(30-10-16)26(27,28)29/h7-8,10,12,14-15H,6,9,11,13H2,1-5H3,(H2,31,32,34,35)/t15-/m0/s1. The van der Waals surface area contributed by atoms with Gasteiger partial charge in [-0.1, -0.05) is 13.0 Å². The average molecular weight is 609 g/mol. The van der Waals surface area contributed by atoms with Gasteiger partial charge in [-0.15, -0.1) is 0 Å². The van der Waals surface area contributed by atoms with E-state index in [-0.39, 0.29) is 38.0 Å². The highest BCUT2D eigenvalue weighted by molar-refractivity contribution is 5.94. The third-order valence-electron chi connectivity index (χ3n) is 5.52. The van der Waals surface area contributed by atoms with Gasteiger partial charge in [-0.25, -0.2) is 4.79 Å². The van der Waals surface area contributed by atoms with Gasteiger partial charge >= 0.3 is 23.8 Å². The molecular weight excluding hydrogens is 577 g/mol. The molecule has 0 amide bonds. The highest BCUT2D eigenvalue weighted by atomic mass is 19.4. The van der Waals surface area contributed by atoms with Crippen molar-refractivity contribution in [3.63, 3.8) is 0 Å². The molecule has 2 N–H and O–H groups in total. The first kappa shape index (κ1) is 32.7. The van der Waals surface area contributed by atoms with Crippen molar-refractivity contribution in [2.75, 3.05) is 23.8 Å². The molecule has 0 aliphatic rings. The number of alkyl halides is 3. The quantitative estimate of drug-likeness (QED) is 0.170. The number of carbonyl (C=O) groups excluding carboxylic acids is 2. The number of rotatable bonds is 12. The molecule has 3 aromatic rings. The lowest BCUT2D eigenvalue weighted by Gasteiger charge is -2.22. The van der Waals surface area contributed by atoms with Gasteiger partial charge in [0, 0.05) is 31.0 Å². The summed E-state index contributed by atoms with van der Waals surface area (Å²) in [6, 6.07) is 2.18. The van der Waals surface area contributed by atoms with Crippen LogP contribution in [-0.4, -0.2) is 60.3 Å². The van der Waals surface area contributed by atoms with Crippen LogP contribution < -0.4 is 10.6 Å². The Hall–Kier alpha value is -4.83. The van der Waals surface area contributed by atoms with E-state index in [9.17, 15) is 32.9 Å². The molecule has 0 fully saturated rings. The lowest BCUT2D eigenvalue weighted by molar-refractivity contribution is -0.384. The molecule has 1 atom stereocenters. The summed E-state index contributed by atoms with van der Waals surface area (Å²) >= 11 is 0. The minimum Gasteiger partial charge on any atom is -0.461 e. The maximum atomic E-state index is 12.8. The van der Waals surface area contributed by atoms with Crippen molar-refractivity contribution >= 4 is 29.4 Å². The molecule has 0 radical (unpaired) electrons. The van der Waals surface area contributed by atoms with Crippen LogP contribution in [0, 0.1) is 16.0 Å². The Morgan fingerprint density at radius 3 is 2.42 bits per heavy atom. The number of nitrogens with zero attached hydrogens (tertiary/aromatic N) is 6. The zero-order valence-electron chi connectivity index (χ0n) is 24.1. The summed E-state index contributed by atoms with van der Waals surface area (Å²) in [6.45, 7) is 8.28. The third-order valence-corrected chi connectivity index (χ3v) is 5.52. The van der Waals surface area contributed by atoms with Crippen LogP contribution in [-0.2, 0) is 33.5 Å². The van der Waals surface area contributed by atoms with Gasteiger partial charge in [0.05, 0.1) is 30.2 Å². The molecule has 0 unspecified atom stereocenters. The van der Waals surface area contributed by atoms with E-state index in [1.165, 1.54) is 23.9 Å². The van der Waals surface area contributed by atoms with E-state index in [1.54, 1.807) is 33.9 Å². The van der Waals surface area contributed by atoms with Crippen LogP contribution >= 0.6 is 0 Å². The first-order valence-corrected chi connectivity index (χ1v) is 13.0. The Morgan fingerprint density at radius 2 is 1.84 bits per heavy atom. The predicted octanol–water partition coefficient (Wildman–Crippen LogP) is 4.22. The number of aromatic nitrogens is 5. The molecular formula is C26H31F3N8O6. The van der Waals surface area contributed by atoms with Crippen LogP contribution in [0.2, 0.25) is 0 Å². The highest BCUT2D eigenvalue weighted by Crippen LogP contribution is 2.29. The number of nitro groups is 1. The Balaban J connectivity index is 1.79. The molecule has 0 spiro atoms. The summed E-state index contributed by atoms with van der Waals surface area (Å²) in [6.07, 6.45) is -0.321. The zero-order chi connectivity index (χ0) is 31.9. The first-order valence-electron chi connectivity index (χ1n) is 13.0. The minimum atomic E-state index is -4.54. The largest absolute Gasteiger partial charge is 0.461 e. The number of hydrogen-bond acceptors (Lipinski definition) is 12. The summed E-state index contributed by atoms with van der Waals surface area (Å²) < 4.78 is 50.0. The van der Waals surface area contributed by atoms with Gasteiger partial charge < -0.3 is 20.1 Å². The van der Waals surface area contributed by atoms with E-state index < -0.39 is 51.6 Å². The number of nitrogens with one attached hydrogen (secondary N) is 2. The Morgan fingerprint density at radius 1 is 1.12 bits per heavy atom. The van der Waals surface area contributed by atoms with Crippen LogP contribution in [0.5, 0.6) is 0 Å². The number of esters is 2. The molecule has 43 heavy (non-hydrogen) atoms. The number of ether oxygens (including phenoxy) is 2. The second-order valence-electron chi connectivity index (χ2n) is 10.3. The summed E-state index contributed by atoms with van der Waals surface area (Å²) in [5, 5.41) is 21.7. The molecule has 0 bridgehead atoms. The number of hydrogen-bond donors (Lipinski definition) is 2. The second-order valence-corrected chi connectivity index (χ2v) is 10.3. The second kappa shape index (κ2) is 13.4. The summed E-state index contributed by atoms with van der Waals surface area (Å²) in [4.78, 5) is 47.7. The fourth-order valence-electron chi connectivity index (χ4n) is 3.55. The normalized spacial score (nSPS) is 12.4. The van der Waals surface area contributed by atoms with E-state index >= 15 is 0 Å². The van der Waals surface area contributed by atoms with Gasteiger partial charge in [0.15, 0.2) is 0 Å². The van der Waals surface area contributed by atoms with Gasteiger partial charge in [0.2, 0.25) is 17.5 Å². The van der Waals surface area contributed by atoms with Crippen molar-refractivity contribution in [2.45, 2.75) is 59.5 Å². The Bertz CT molecular complexity index is 1450. The lowest BCUT2D eigenvalue weighted by Crippen LogP contribution is -2.31. The van der Waals surface area contributed by atoms with Crippen molar-refractivity contribution in [1.82, 2.24) is 24.7 Å². The predicted molar refractivity (Wildman–Crippen MR) is 146 cm³/mol. The van der Waals surface area contributed by atoms with E-state index in [1.807, 2.05) is 0 Å². The van der Waals surface area contributed by atoms with E-state index in [0.717, 1.165) is 12.3 Å². The molecule has 3 rings (SSSR count). The lowest BCUT2D eigenvalue weighted by atomic mass is 10.1. The molecule has 3 heterocycles. The van der Waals surface area contributed by atoms with Gasteiger partial charge in [-0.05, 0) is 39.3 Å². The number of halogens is 3. The van der Waals surface area contributed by atoms with Crippen LogP contribution in [0.25, 0.3) is 0 Å². The van der Waals surface area contributed by atoms with Crippen molar-refractivity contribution < 1.29 is 37.2 Å². The maximum Gasteiger partial charge on any atom is 0.433 e. The van der Waals surface area contributed by atoms with Gasteiger partial charge in [0.25, 0.3) is 0 Å². The van der Waals surface area contributed by atoms with Gasteiger partial charge in [-0.2, -0.15) is 28.2 Å². The fourth-order valence-corrected chi connectivity index (χ4v) is 3.55. The Labute approximate surface area is 244 Å². The average Bonchev–Trinajstić information content (AvgIpc) is 3.36. The molecule has 232 valence electrons. The number of pyridine rings is 1. The molecule has 0 aromatic carbocycles. The monoisotopic (exact) mass is 608 g/mol. The van der Waals surface area contributed by atoms with Crippen LogP contribution in [0.4, 0.5) is 30.6 Å². The van der Waals surface area contributed by atoms with Gasteiger partial charge in [0.1, 0.15) is 11.3 Å². The Kier molecular flexibility index (Phi) is 10.2. The van der Waals surface area contributed by atoms with Crippen LogP contribution in [0.3, 0.4) is 0 Å². The van der Waals surface area contributed by atoms with E-state index in [0.29, 0.717) is 11.1 Å². The van der Waals surface area contributed by atoms with E-state index in [2.05, 4.69) is 30.7 Å². The van der Waals surface area contributed by atoms with Gasteiger partial charge in [-0.3, -0.25) is 24.6 Å². The van der Waals surface area contributed by atoms with Crippen LogP contribution in [0.15, 0.2) is 30.7 Å². The molecule has 17 heteroatoms. The van der Waals surface area contributed by atoms with Crippen LogP contribution in [0.1, 0.15) is 61.9 Å². The molecule has 0 aliphatic carbocycles. The fraction of sp³-hybridized carbons (Fsp3) is 0.462. The summed E-state index contributed by atoms with van der Waals surface area (Å²) in [5.41, 5.74) is -1.96. The molecule has 0 aliphatic heterocycles. The SMILES string of the molecule is CCOC(=O)c1nc(NCc2cnn(Cc3ccc(C(F)(F)F)nc3)c2)nc(NC[C@H](C)C(=O)OC(C)(C)C)c1[N+](=O)[O-]. The minimum absolute atomic E-state index is 0.0607. The number of carbonyl (C=O) groups is 2. The zero-order valence-corrected chi connectivity index (χ0v) is 24.1. The third kappa shape index (κ3) is 9.34. The smallest absolute Gasteiger partial charge is 0.433 e. The highest BCUT2D eigenvalue weighted by Gasteiger charge is 2.33. The molecule has 14 nitrogen and oxygen atoms in total. The van der Waals surface area contributed by atoms with Crippen molar-refractivity contribution in [2.24, 2.45) is 5.92 Å². The molecule has 0 saturated heterocycles. The number of anilines is 2. The van der Waals surface area contributed by atoms with E-state index in [4.69, 9.17) is 9.47 Å². The van der Waals surface area contributed by atoms with Crippen molar-refractivity contribution in [1.29, 1.82) is 0 Å². The molecule has 3 aromatic heterocycles. The first-order chi connectivity index (χ1) is 20.1. The van der Waals surface area contributed by atoms with Crippen molar-refractivity contribution in [3.05, 3.63) is 63.4 Å². The topological polar surface area (TPSA) is 176 Å². The summed E-state index contributed by atoms with van der Waals surface area (Å²) in [7, 11) is 0. The summed E-state index contributed by atoms with van der Waals surface area (Å²) in [5.74, 6) is -2.76. The maximum absolute atomic E-state index is 12.8. The molecule has 0 saturated carbocycles. The van der Waals surface area contributed by atoms with Crippen molar-refractivity contribution in [3.8, 4) is 0 Å².